The van der Waals surface area contributed by atoms with Crippen LogP contribution in [0.3, 0.4) is 0 Å². The van der Waals surface area contributed by atoms with Crippen molar-refractivity contribution in [2.24, 2.45) is 5.92 Å². The van der Waals surface area contributed by atoms with E-state index in [4.69, 9.17) is 11.6 Å². The number of hydrogen-bond donors (Lipinski definition) is 0. The second-order valence-corrected chi connectivity index (χ2v) is 5.50. The Morgan fingerprint density at radius 3 is 2.33 bits per heavy atom. The van der Waals surface area contributed by atoms with Crippen molar-refractivity contribution >= 4 is 27.5 Å². The van der Waals surface area contributed by atoms with E-state index in [2.05, 4.69) is 36.7 Å². The van der Waals surface area contributed by atoms with Gasteiger partial charge in [-0.25, -0.2) is 4.39 Å². The van der Waals surface area contributed by atoms with Crippen LogP contribution < -0.4 is 0 Å². The first-order valence-corrected chi connectivity index (χ1v) is 6.25. The van der Waals surface area contributed by atoms with Crippen molar-refractivity contribution < 1.29 is 4.39 Å². The van der Waals surface area contributed by atoms with Gasteiger partial charge in [0.25, 0.3) is 0 Å². The molecule has 0 N–H and O–H groups in total. The maximum atomic E-state index is 12.9. The number of benzene rings is 1. The van der Waals surface area contributed by atoms with Crippen molar-refractivity contribution in [2.75, 3.05) is 0 Å². The van der Waals surface area contributed by atoms with Crippen molar-refractivity contribution in [3.63, 3.8) is 0 Å². The van der Waals surface area contributed by atoms with Gasteiger partial charge in [0.1, 0.15) is 5.82 Å². The molecule has 1 rings (SSSR count). The van der Waals surface area contributed by atoms with Crippen LogP contribution in [-0.2, 0) is 0 Å². The lowest BCUT2D eigenvalue weighted by Gasteiger charge is -2.22. The van der Waals surface area contributed by atoms with Gasteiger partial charge < -0.3 is 0 Å². The summed E-state index contributed by atoms with van der Waals surface area (Å²) < 4.78 is 13.7. The van der Waals surface area contributed by atoms with Crippen molar-refractivity contribution in [1.29, 1.82) is 0 Å². The predicted molar refractivity (Wildman–Crippen MR) is 67.0 cm³/mol. The van der Waals surface area contributed by atoms with Crippen LogP contribution in [0.1, 0.15) is 32.3 Å². The van der Waals surface area contributed by atoms with Crippen LogP contribution in [0.25, 0.3) is 0 Å². The molecule has 0 nitrogen and oxygen atoms in total. The molecular formula is C12H15BrClF. The summed E-state index contributed by atoms with van der Waals surface area (Å²) in [6.45, 7) is 6.24. The topological polar surface area (TPSA) is 0 Å². The molecule has 0 saturated carbocycles. The molecule has 3 heteroatoms. The molecule has 0 heterocycles. The van der Waals surface area contributed by atoms with E-state index in [9.17, 15) is 4.39 Å². The maximum absolute atomic E-state index is 12.9. The first-order chi connectivity index (χ1) is 6.93. The number of rotatable bonds is 3. The lowest BCUT2D eigenvalue weighted by atomic mass is 9.91. The molecule has 0 saturated heterocycles. The highest BCUT2D eigenvalue weighted by Gasteiger charge is 2.21. The summed E-state index contributed by atoms with van der Waals surface area (Å²) >= 11 is 9.66. The molecule has 0 fully saturated rings. The van der Waals surface area contributed by atoms with Crippen LogP contribution >= 0.6 is 27.5 Å². The SMILES string of the molecule is CC(C)C(Cl)C(C)c1ccc(F)cc1Br. The molecule has 1 aromatic rings. The lowest BCUT2D eigenvalue weighted by Crippen LogP contribution is -2.16. The number of hydrogen-bond acceptors (Lipinski definition) is 0. The van der Waals surface area contributed by atoms with Crippen LogP contribution in [0.5, 0.6) is 0 Å². The fourth-order valence-electron chi connectivity index (χ4n) is 1.62. The highest BCUT2D eigenvalue weighted by atomic mass is 79.9. The van der Waals surface area contributed by atoms with Crippen LogP contribution in [0.15, 0.2) is 22.7 Å². The quantitative estimate of drug-likeness (QED) is 0.691. The molecule has 15 heavy (non-hydrogen) atoms. The molecule has 1 aromatic carbocycles. The molecule has 0 aliphatic rings. The first-order valence-electron chi connectivity index (χ1n) is 5.02. The minimum absolute atomic E-state index is 0.0618. The average molecular weight is 294 g/mol. The van der Waals surface area contributed by atoms with E-state index in [1.807, 2.05) is 0 Å². The van der Waals surface area contributed by atoms with Gasteiger partial charge in [-0.15, -0.1) is 11.6 Å². The predicted octanol–water partition coefficient (Wildman–Crippen LogP) is 4.96. The minimum atomic E-state index is -0.228. The average Bonchev–Trinajstić information content (AvgIpc) is 2.15. The third kappa shape index (κ3) is 3.18. The normalized spacial score (nSPS) is 15.4. The van der Waals surface area contributed by atoms with Crippen molar-refractivity contribution in [1.82, 2.24) is 0 Å². The Bertz CT molecular complexity index is 338. The first kappa shape index (κ1) is 13.0. The molecular weight excluding hydrogens is 278 g/mol. The lowest BCUT2D eigenvalue weighted by molar-refractivity contribution is 0.531. The summed E-state index contributed by atoms with van der Waals surface area (Å²) in [6.07, 6.45) is 0. The largest absolute Gasteiger partial charge is 0.207 e. The Hall–Kier alpha value is -0.0800. The van der Waals surface area contributed by atoms with Crippen LogP contribution in [0, 0.1) is 11.7 Å². The highest BCUT2D eigenvalue weighted by Crippen LogP contribution is 2.33. The molecule has 2 unspecified atom stereocenters. The van der Waals surface area contributed by atoms with Crippen molar-refractivity contribution in [2.45, 2.75) is 32.1 Å². The van der Waals surface area contributed by atoms with E-state index in [1.165, 1.54) is 12.1 Å². The summed E-state index contributed by atoms with van der Waals surface area (Å²) in [5.74, 6) is 0.383. The molecule has 0 spiro atoms. The van der Waals surface area contributed by atoms with Gasteiger partial charge in [0.15, 0.2) is 0 Å². The monoisotopic (exact) mass is 292 g/mol. The minimum Gasteiger partial charge on any atom is -0.207 e. The van der Waals surface area contributed by atoms with Gasteiger partial charge in [-0.2, -0.15) is 0 Å². The Kier molecular flexibility index (Phi) is 4.60. The molecule has 2 atom stereocenters. The highest BCUT2D eigenvalue weighted by molar-refractivity contribution is 9.10. The standard InChI is InChI=1S/C12H15BrClF/c1-7(2)12(14)8(3)10-5-4-9(15)6-11(10)13/h4-8,12H,1-3H3. The van der Waals surface area contributed by atoms with Gasteiger partial charge in [-0.1, -0.05) is 42.8 Å². The maximum Gasteiger partial charge on any atom is 0.124 e. The molecule has 84 valence electrons. The number of halogens is 3. The van der Waals surface area contributed by atoms with E-state index in [0.717, 1.165) is 10.0 Å². The Balaban J connectivity index is 2.96. The van der Waals surface area contributed by atoms with Gasteiger partial charge in [-0.05, 0) is 29.5 Å². The van der Waals surface area contributed by atoms with Crippen LogP contribution in [0.2, 0.25) is 0 Å². The summed E-state index contributed by atoms with van der Waals surface area (Å²) in [7, 11) is 0. The van der Waals surface area contributed by atoms with Gasteiger partial charge in [0, 0.05) is 9.85 Å². The second kappa shape index (κ2) is 5.31. The van der Waals surface area contributed by atoms with Crippen molar-refractivity contribution in [3.05, 3.63) is 34.1 Å². The van der Waals surface area contributed by atoms with E-state index < -0.39 is 0 Å². The molecule has 0 radical (unpaired) electrons. The fraction of sp³-hybridized carbons (Fsp3) is 0.500. The smallest absolute Gasteiger partial charge is 0.124 e. The molecule has 0 bridgehead atoms. The van der Waals surface area contributed by atoms with Gasteiger partial charge in [0.2, 0.25) is 0 Å². The fourth-order valence-corrected chi connectivity index (χ4v) is 2.47. The third-order valence-corrected chi connectivity index (χ3v) is 4.14. The van der Waals surface area contributed by atoms with E-state index >= 15 is 0 Å². The molecule has 0 aliphatic heterocycles. The van der Waals surface area contributed by atoms with Gasteiger partial charge in [-0.3, -0.25) is 0 Å². The van der Waals surface area contributed by atoms with E-state index in [1.54, 1.807) is 6.07 Å². The van der Waals surface area contributed by atoms with Gasteiger partial charge >= 0.3 is 0 Å². The number of alkyl halides is 1. The van der Waals surface area contributed by atoms with Crippen LogP contribution in [0.4, 0.5) is 4.39 Å². The summed E-state index contributed by atoms with van der Waals surface area (Å²) in [6, 6.07) is 4.75. The second-order valence-electron chi connectivity index (χ2n) is 4.14. The zero-order valence-corrected chi connectivity index (χ0v) is 11.4. The third-order valence-electron chi connectivity index (χ3n) is 2.57. The Morgan fingerprint density at radius 1 is 1.27 bits per heavy atom. The molecule has 0 aliphatic carbocycles. The summed E-state index contributed by atoms with van der Waals surface area (Å²) in [4.78, 5) is 0. The molecule has 0 aromatic heterocycles. The zero-order chi connectivity index (χ0) is 11.6. The van der Waals surface area contributed by atoms with Gasteiger partial charge in [0.05, 0.1) is 0 Å². The summed E-state index contributed by atoms with van der Waals surface area (Å²) in [5.41, 5.74) is 1.06. The Morgan fingerprint density at radius 2 is 1.87 bits per heavy atom. The van der Waals surface area contributed by atoms with Crippen molar-refractivity contribution in [3.8, 4) is 0 Å². The molecule has 0 amide bonds. The Labute approximate surface area is 104 Å². The van der Waals surface area contributed by atoms with E-state index in [-0.39, 0.29) is 17.1 Å². The zero-order valence-electron chi connectivity index (χ0n) is 9.10. The van der Waals surface area contributed by atoms with E-state index in [0.29, 0.717) is 5.92 Å². The van der Waals surface area contributed by atoms with Crippen LogP contribution in [-0.4, -0.2) is 5.38 Å². The summed E-state index contributed by atoms with van der Waals surface area (Å²) in [5, 5.41) is 0.0618.